The van der Waals surface area contributed by atoms with Crippen molar-refractivity contribution in [1.29, 1.82) is 0 Å². The molecule has 3 aromatic rings. The van der Waals surface area contributed by atoms with Crippen LogP contribution in [0, 0.1) is 12.3 Å². The molecule has 4 rings (SSSR count). The zero-order valence-corrected chi connectivity index (χ0v) is 14.2. The molecule has 0 fully saturated rings. The second-order valence-corrected chi connectivity index (χ2v) is 5.99. The van der Waals surface area contributed by atoms with Crippen molar-refractivity contribution in [2.75, 3.05) is 14.2 Å². The van der Waals surface area contributed by atoms with Crippen molar-refractivity contribution in [3.05, 3.63) is 65.2 Å². The van der Waals surface area contributed by atoms with Gasteiger partial charge in [-0.15, -0.1) is 6.42 Å². The third kappa shape index (κ3) is 2.38. The van der Waals surface area contributed by atoms with E-state index in [0.29, 0.717) is 6.61 Å². The van der Waals surface area contributed by atoms with Gasteiger partial charge in [-0.3, -0.25) is 0 Å². The largest absolute Gasteiger partial charge is 0.497 e. The van der Waals surface area contributed by atoms with E-state index in [-0.39, 0.29) is 5.92 Å². The molecule has 1 heterocycles. The van der Waals surface area contributed by atoms with Crippen molar-refractivity contribution in [1.82, 2.24) is 0 Å². The molecule has 3 nitrogen and oxygen atoms in total. The van der Waals surface area contributed by atoms with Crippen molar-refractivity contribution in [3.8, 4) is 29.6 Å². The Bertz CT molecular complexity index is 998. The molecule has 0 saturated heterocycles. The summed E-state index contributed by atoms with van der Waals surface area (Å²) in [4.78, 5) is 0. The summed E-state index contributed by atoms with van der Waals surface area (Å²) in [5.74, 6) is 4.98. The molecule has 0 N–H and O–H groups in total. The molecule has 0 amide bonds. The zero-order valence-electron chi connectivity index (χ0n) is 14.2. The molecule has 1 atom stereocenters. The summed E-state index contributed by atoms with van der Waals surface area (Å²) < 4.78 is 17.1. The van der Waals surface area contributed by atoms with E-state index in [1.54, 1.807) is 14.2 Å². The lowest BCUT2D eigenvalue weighted by molar-refractivity contribution is 0.305. The summed E-state index contributed by atoms with van der Waals surface area (Å²) >= 11 is 0. The van der Waals surface area contributed by atoms with Crippen LogP contribution in [0.25, 0.3) is 10.8 Å². The van der Waals surface area contributed by atoms with Gasteiger partial charge in [0.1, 0.15) is 23.9 Å². The predicted octanol–water partition coefficient (Wildman–Crippen LogP) is 4.51. The summed E-state index contributed by atoms with van der Waals surface area (Å²) in [5.41, 5.74) is 2.98. The van der Waals surface area contributed by atoms with Gasteiger partial charge in [0.2, 0.25) is 0 Å². The fraction of sp³-hybridized carbons (Fsp3) is 0.182. The molecule has 3 heteroatoms. The van der Waals surface area contributed by atoms with Crippen LogP contribution in [0.2, 0.25) is 0 Å². The van der Waals surface area contributed by atoms with Crippen LogP contribution in [0.5, 0.6) is 17.2 Å². The Hall–Kier alpha value is -3.12. The van der Waals surface area contributed by atoms with Crippen molar-refractivity contribution in [3.63, 3.8) is 0 Å². The molecule has 0 spiro atoms. The minimum atomic E-state index is -0.251. The highest BCUT2D eigenvalue weighted by atomic mass is 16.5. The molecule has 1 unspecified atom stereocenters. The van der Waals surface area contributed by atoms with Crippen LogP contribution in [0.3, 0.4) is 0 Å². The maximum Gasteiger partial charge on any atom is 0.127 e. The fourth-order valence-corrected chi connectivity index (χ4v) is 3.56. The predicted molar refractivity (Wildman–Crippen MR) is 98.5 cm³/mol. The molecule has 0 saturated carbocycles. The fourth-order valence-electron chi connectivity index (χ4n) is 3.56. The number of fused-ring (bicyclic) bond motifs is 4. The highest BCUT2D eigenvalue weighted by molar-refractivity contribution is 5.89. The smallest absolute Gasteiger partial charge is 0.127 e. The van der Waals surface area contributed by atoms with E-state index in [0.717, 1.165) is 44.7 Å². The van der Waals surface area contributed by atoms with E-state index in [2.05, 4.69) is 24.1 Å². The molecular weight excluding hydrogens is 312 g/mol. The third-order valence-corrected chi connectivity index (χ3v) is 4.71. The Balaban J connectivity index is 2.05. The molecule has 0 aliphatic carbocycles. The summed E-state index contributed by atoms with van der Waals surface area (Å²) in [7, 11) is 3.29. The summed E-state index contributed by atoms with van der Waals surface area (Å²) in [6, 6.07) is 16.1. The highest BCUT2D eigenvalue weighted by Crippen LogP contribution is 2.45. The van der Waals surface area contributed by atoms with Crippen molar-refractivity contribution < 1.29 is 14.2 Å². The number of methoxy groups -OCH3 is 2. The van der Waals surface area contributed by atoms with E-state index in [1.165, 1.54) is 0 Å². The molecule has 0 bridgehead atoms. The van der Waals surface area contributed by atoms with Crippen molar-refractivity contribution >= 4 is 10.8 Å². The van der Waals surface area contributed by atoms with Gasteiger partial charge in [-0.25, -0.2) is 0 Å². The molecule has 124 valence electrons. The Morgan fingerprint density at radius 1 is 1.04 bits per heavy atom. The van der Waals surface area contributed by atoms with Gasteiger partial charge >= 0.3 is 0 Å². The van der Waals surface area contributed by atoms with E-state index in [9.17, 15) is 0 Å². The minimum absolute atomic E-state index is 0.251. The first-order valence-corrected chi connectivity index (χ1v) is 8.12. The molecule has 0 radical (unpaired) electrons. The lowest BCUT2D eigenvalue weighted by Crippen LogP contribution is -2.05. The first kappa shape index (κ1) is 15.4. The lowest BCUT2D eigenvalue weighted by Gasteiger charge is -2.19. The van der Waals surface area contributed by atoms with Crippen LogP contribution >= 0.6 is 0 Å². The van der Waals surface area contributed by atoms with Gasteiger partial charge in [-0.2, -0.15) is 0 Å². The van der Waals surface area contributed by atoms with Crippen LogP contribution < -0.4 is 14.2 Å². The zero-order chi connectivity index (χ0) is 17.4. The Morgan fingerprint density at radius 2 is 1.88 bits per heavy atom. The molecule has 25 heavy (non-hydrogen) atoms. The Kier molecular flexibility index (Phi) is 3.74. The standard InChI is InChI=1S/C22H18O3/c1-4-17-21-15(11-16(23-2)12-20(21)24-3)13-25-19-10-9-14-7-5-6-8-18(14)22(17)19/h1,5-12,17H,13H2,2-3H3. The quantitative estimate of drug-likeness (QED) is 0.647. The SMILES string of the molecule is C#CC1c2c(cc(OC)cc2OC)COc2ccc3ccccc3c21. The summed E-state index contributed by atoms with van der Waals surface area (Å²) in [6.07, 6.45) is 6.00. The average molecular weight is 330 g/mol. The van der Waals surface area contributed by atoms with Gasteiger partial charge in [-0.1, -0.05) is 36.3 Å². The Labute approximate surface area is 147 Å². The summed E-state index contributed by atoms with van der Waals surface area (Å²) in [5, 5.41) is 2.25. The molecule has 0 aromatic heterocycles. The van der Waals surface area contributed by atoms with Crippen molar-refractivity contribution in [2.24, 2.45) is 0 Å². The summed E-state index contributed by atoms with van der Waals surface area (Å²) in [6.45, 7) is 0.423. The second-order valence-electron chi connectivity index (χ2n) is 5.99. The van der Waals surface area contributed by atoms with Gasteiger partial charge in [0.05, 0.1) is 20.1 Å². The average Bonchev–Trinajstić information content (AvgIpc) is 2.83. The molecular formula is C22H18O3. The number of terminal acetylenes is 1. The first-order chi connectivity index (χ1) is 12.3. The molecule has 3 aromatic carbocycles. The van der Waals surface area contributed by atoms with Gasteiger partial charge in [0, 0.05) is 22.8 Å². The van der Waals surface area contributed by atoms with Crippen LogP contribution in [0.1, 0.15) is 22.6 Å². The van der Waals surface area contributed by atoms with Gasteiger partial charge < -0.3 is 14.2 Å². The maximum atomic E-state index is 6.11. The van der Waals surface area contributed by atoms with Crippen LogP contribution in [-0.4, -0.2) is 14.2 Å². The second kappa shape index (κ2) is 6.07. The lowest BCUT2D eigenvalue weighted by atomic mass is 9.85. The normalized spacial score (nSPS) is 15.3. The van der Waals surface area contributed by atoms with Crippen LogP contribution in [0.4, 0.5) is 0 Å². The van der Waals surface area contributed by atoms with E-state index >= 15 is 0 Å². The number of rotatable bonds is 2. The Morgan fingerprint density at radius 3 is 2.64 bits per heavy atom. The number of ether oxygens (including phenoxy) is 3. The van der Waals surface area contributed by atoms with Crippen LogP contribution in [-0.2, 0) is 6.61 Å². The number of hydrogen-bond donors (Lipinski definition) is 0. The molecule has 1 aliphatic rings. The monoisotopic (exact) mass is 330 g/mol. The van der Waals surface area contributed by atoms with Gasteiger partial charge in [0.15, 0.2) is 0 Å². The third-order valence-electron chi connectivity index (χ3n) is 4.71. The van der Waals surface area contributed by atoms with Gasteiger partial charge in [-0.05, 0) is 22.9 Å². The molecule has 1 aliphatic heterocycles. The maximum absolute atomic E-state index is 6.11. The first-order valence-electron chi connectivity index (χ1n) is 8.12. The van der Waals surface area contributed by atoms with Crippen molar-refractivity contribution in [2.45, 2.75) is 12.5 Å². The number of benzene rings is 3. The highest BCUT2D eigenvalue weighted by Gasteiger charge is 2.29. The van der Waals surface area contributed by atoms with Gasteiger partial charge in [0.25, 0.3) is 0 Å². The number of hydrogen-bond acceptors (Lipinski definition) is 3. The van der Waals surface area contributed by atoms with E-state index in [1.807, 2.05) is 30.3 Å². The minimum Gasteiger partial charge on any atom is -0.497 e. The van der Waals surface area contributed by atoms with Crippen LogP contribution in [0.15, 0.2) is 48.5 Å². The van der Waals surface area contributed by atoms with E-state index in [4.69, 9.17) is 20.6 Å². The van der Waals surface area contributed by atoms with E-state index < -0.39 is 0 Å². The topological polar surface area (TPSA) is 27.7 Å².